The van der Waals surface area contributed by atoms with E-state index in [1.807, 2.05) is 26.8 Å². The second kappa shape index (κ2) is 9.55. The summed E-state index contributed by atoms with van der Waals surface area (Å²) in [5.41, 5.74) is 6.85. The number of rotatable bonds is 4. The van der Waals surface area contributed by atoms with Crippen molar-refractivity contribution in [2.75, 3.05) is 4.90 Å². The Labute approximate surface area is 248 Å². The van der Waals surface area contributed by atoms with Gasteiger partial charge in [-0.3, -0.25) is 14.9 Å². The standard InChI is InChI=1S/C34H34BrN3O3/c1-19-10-28(8-9-30(19)35)38-32(40)29(31(39)36-33(38)41)15-25-11-20(2)37(21(25)3)27-6-4-26(5-7-27)34-16-22-12-23(17-34)14-24(13-22)18-34/h4-11,15,22-24H,12-14,16-18H2,1-3H3,(H,36,39,41)/b29-15-. The molecule has 4 saturated carbocycles. The van der Waals surface area contributed by atoms with Crippen LogP contribution in [0.4, 0.5) is 10.5 Å². The van der Waals surface area contributed by atoms with Crippen molar-refractivity contribution in [2.45, 2.75) is 64.7 Å². The fourth-order valence-electron chi connectivity index (χ4n) is 8.57. The molecule has 41 heavy (non-hydrogen) atoms. The fraction of sp³-hybridized carbons (Fsp3) is 0.382. The minimum Gasteiger partial charge on any atom is -0.318 e. The summed E-state index contributed by atoms with van der Waals surface area (Å²) in [6.07, 6.45) is 9.93. The number of nitrogens with one attached hydrogen (secondary N) is 1. The molecular weight excluding hydrogens is 578 g/mol. The Morgan fingerprint density at radius 1 is 0.854 bits per heavy atom. The maximum Gasteiger partial charge on any atom is 0.335 e. The Kier molecular flexibility index (Phi) is 6.16. The predicted molar refractivity (Wildman–Crippen MR) is 163 cm³/mol. The minimum atomic E-state index is -0.747. The molecule has 4 bridgehead atoms. The topological polar surface area (TPSA) is 71.4 Å². The third kappa shape index (κ3) is 4.32. The number of nitrogens with zero attached hydrogens (tertiary/aromatic N) is 2. The van der Waals surface area contributed by atoms with Crippen molar-refractivity contribution in [1.82, 2.24) is 9.88 Å². The molecule has 0 unspecified atom stereocenters. The third-order valence-electron chi connectivity index (χ3n) is 10.0. The number of carbonyl (C=O) groups is 3. The largest absolute Gasteiger partial charge is 0.335 e. The number of urea groups is 1. The lowest BCUT2D eigenvalue weighted by Crippen LogP contribution is -2.54. The molecule has 4 amide bonds. The SMILES string of the molecule is Cc1cc(N2C(=O)NC(=O)/C(=C/c3cc(C)n(-c4ccc(C56CC7CC(CC(C7)C5)C6)cc4)c3C)C2=O)ccc1Br. The second-order valence-electron chi connectivity index (χ2n) is 12.8. The van der Waals surface area contributed by atoms with Crippen LogP contribution in [0.25, 0.3) is 11.8 Å². The number of aryl methyl sites for hydroxylation is 2. The third-order valence-corrected chi connectivity index (χ3v) is 10.9. The highest BCUT2D eigenvalue weighted by molar-refractivity contribution is 9.10. The molecule has 2 heterocycles. The number of anilines is 1. The summed E-state index contributed by atoms with van der Waals surface area (Å²) in [5.74, 6) is 1.40. The molecule has 0 radical (unpaired) electrons. The van der Waals surface area contributed by atoms with E-state index in [-0.39, 0.29) is 5.57 Å². The summed E-state index contributed by atoms with van der Waals surface area (Å²) in [5, 5.41) is 2.34. The molecule has 2 aromatic carbocycles. The fourth-order valence-corrected chi connectivity index (χ4v) is 8.82. The van der Waals surface area contributed by atoms with Crippen LogP contribution in [0.1, 0.15) is 66.6 Å². The molecular formula is C34H34BrN3O3. The molecule has 5 fully saturated rings. The van der Waals surface area contributed by atoms with Gasteiger partial charge in [0, 0.05) is 21.5 Å². The summed E-state index contributed by atoms with van der Waals surface area (Å²) >= 11 is 3.45. The lowest BCUT2D eigenvalue weighted by molar-refractivity contribution is -0.122. The number of barbiturate groups is 1. The summed E-state index contributed by atoms with van der Waals surface area (Å²) < 4.78 is 3.04. The van der Waals surface area contributed by atoms with Crippen LogP contribution in [-0.2, 0) is 15.0 Å². The monoisotopic (exact) mass is 611 g/mol. The summed E-state index contributed by atoms with van der Waals surface area (Å²) in [6.45, 7) is 5.91. The zero-order valence-corrected chi connectivity index (χ0v) is 25.3. The van der Waals surface area contributed by atoms with Crippen LogP contribution in [0.15, 0.2) is 58.6 Å². The van der Waals surface area contributed by atoms with Crippen LogP contribution in [-0.4, -0.2) is 22.4 Å². The Morgan fingerprint density at radius 3 is 2.07 bits per heavy atom. The molecule has 6 nitrogen and oxygen atoms in total. The van der Waals surface area contributed by atoms with E-state index in [4.69, 9.17) is 0 Å². The Balaban J connectivity index is 1.19. The van der Waals surface area contributed by atoms with Gasteiger partial charge in [-0.2, -0.15) is 0 Å². The van der Waals surface area contributed by atoms with E-state index in [0.29, 0.717) is 11.1 Å². The lowest BCUT2D eigenvalue weighted by atomic mass is 9.48. The van der Waals surface area contributed by atoms with Gasteiger partial charge in [-0.15, -0.1) is 0 Å². The number of amides is 4. The molecule has 1 aliphatic heterocycles. The van der Waals surface area contributed by atoms with E-state index in [9.17, 15) is 14.4 Å². The number of halogens is 1. The second-order valence-corrected chi connectivity index (χ2v) is 13.7. The maximum absolute atomic E-state index is 13.5. The van der Waals surface area contributed by atoms with Crippen LogP contribution in [0.5, 0.6) is 0 Å². The molecule has 4 aliphatic carbocycles. The average Bonchev–Trinajstić information content (AvgIpc) is 3.20. The minimum absolute atomic E-state index is 0.0670. The Morgan fingerprint density at radius 2 is 1.46 bits per heavy atom. The molecule has 210 valence electrons. The molecule has 0 spiro atoms. The van der Waals surface area contributed by atoms with E-state index >= 15 is 0 Å². The van der Waals surface area contributed by atoms with Crippen LogP contribution >= 0.6 is 15.9 Å². The van der Waals surface area contributed by atoms with Crippen molar-refractivity contribution in [1.29, 1.82) is 0 Å². The predicted octanol–water partition coefficient (Wildman–Crippen LogP) is 7.30. The zero-order valence-electron chi connectivity index (χ0n) is 23.7. The van der Waals surface area contributed by atoms with Crippen molar-refractivity contribution in [2.24, 2.45) is 17.8 Å². The first kappa shape index (κ1) is 26.4. The Hall–Kier alpha value is -3.45. The summed E-state index contributed by atoms with van der Waals surface area (Å²) in [6, 6.07) is 15.6. The first-order valence-electron chi connectivity index (χ1n) is 14.6. The van der Waals surface area contributed by atoms with Gasteiger partial charge in [0.2, 0.25) is 0 Å². The first-order chi connectivity index (χ1) is 19.6. The van der Waals surface area contributed by atoms with Crippen LogP contribution in [0.3, 0.4) is 0 Å². The van der Waals surface area contributed by atoms with Gasteiger partial charge in [-0.25, -0.2) is 9.69 Å². The van der Waals surface area contributed by atoms with E-state index in [1.165, 1.54) is 44.1 Å². The first-order valence-corrected chi connectivity index (χ1v) is 15.4. The number of aromatic nitrogens is 1. The van der Waals surface area contributed by atoms with E-state index in [0.717, 1.165) is 55.3 Å². The molecule has 3 aromatic rings. The molecule has 5 aliphatic rings. The van der Waals surface area contributed by atoms with E-state index in [1.54, 1.807) is 24.3 Å². The van der Waals surface area contributed by atoms with Gasteiger partial charge >= 0.3 is 6.03 Å². The summed E-state index contributed by atoms with van der Waals surface area (Å²) in [4.78, 5) is 40.0. The van der Waals surface area contributed by atoms with Crippen molar-refractivity contribution < 1.29 is 14.4 Å². The smallest absolute Gasteiger partial charge is 0.318 e. The van der Waals surface area contributed by atoms with Gasteiger partial charge in [0.15, 0.2) is 0 Å². The quantitative estimate of drug-likeness (QED) is 0.248. The number of hydrogen-bond acceptors (Lipinski definition) is 3. The highest BCUT2D eigenvalue weighted by Gasteiger charge is 2.51. The van der Waals surface area contributed by atoms with Crippen LogP contribution in [0, 0.1) is 38.5 Å². The van der Waals surface area contributed by atoms with Gasteiger partial charge in [0.25, 0.3) is 11.8 Å². The highest BCUT2D eigenvalue weighted by Crippen LogP contribution is 2.60. The van der Waals surface area contributed by atoms with Crippen molar-refractivity contribution in [3.63, 3.8) is 0 Å². The number of carbonyl (C=O) groups excluding carboxylic acids is 3. The van der Waals surface area contributed by atoms with Crippen LogP contribution in [0.2, 0.25) is 0 Å². The Bertz CT molecular complexity index is 1610. The molecule has 0 atom stereocenters. The van der Waals surface area contributed by atoms with Crippen molar-refractivity contribution in [3.8, 4) is 5.69 Å². The number of hydrogen-bond donors (Lipinski definition) is 1. The molecule has 7 heteroatoms. The van der Waals surface area contributed by atoms with Gasteiger partial charge < -0.3 is 4.57 Å². The van der Waals surface area contributed by atoms with Gasteiger partial charge in [0.1, 0.15) is 5.57 Å². The number of benzene rings is 2. The van der Waals surface area contributed by atoms with Gasteiger partial charge in [-0.05, 0) is 142 Å². The molecule has 1 N–H and O–H groups in total. The van der Waals surface area contributed by atoms with Gasteiger partial charge in [0.05, 0.1) is 5.69 Å². The van der Waals surface area contributed by atoms with E-state index < -0.39 is 17.8 Å². The lowest BCUT2D eigenvalue weighted by Gasteiger charge is -2.57. The highest BCUT2D eigenvalue weighted by atomic mass is 79.9. The molecule has 1 aromatic heterocycles. The van der Waals surface area contributed by atoms with Crippen LogP contribution < -0.4 is 10.2 Å². The zero-order chi connectivity index (χ0) is 28.6. The molecule has 1 saturated heterocycles. The average molecular weight is 613 g/mol. The van der Waals surface area contributed by atoms with E-state index in [2.05, 4.69) is 50.1 Å². The van der Waals surface area contributed by atoms with Gasteiger partial charge in [-0.1, -0.05) is 28.1 Å². The molecule has 8 rings (SSSR count). The maximum atomic E-state index is 13.5. The summed E-state index contributed by atoms with van der Waals surface area (Å²) in [7, 11) is 0. The normalized spacial score (nSPS) is 28.1. The van der Waals surface area contributed by atoms with Crippen molar-refractivity contribution >= 4 is 45.5 Å². The van der Waals surface area contributed by atoms with Crippen molar-refractivity contribution in [3.05, 3.63) is 86.7 Å². The number of imide groups is 2.